The van der Waals surface area contributed by atoms with Gasteiger partial charge >= 0.3 is 6.36 Å². The third-order valence-electron chi connectivity index (χ3n) is 3.63. The number of rotatable bonds is 6. The van der Waals surface area contributed by atoms with Crippen LogP contribution in [0.4, 0.5) is 13.2 Å². The zero-order chi connectivity index (χ0) is 14.8. The highest BCUT2D eigenvalue weighted by molar-refractivity contribution is 5.31. The van der Waals surface area contributed by atoms with Gasteiger partial charge in [-0.25, -0.2) is 0 Å². The molecule has 0 aromatic heterocycles. The van der Waals surface area contributed by atoms with Crippen molar-refractivity contribution in [2.24, 2.45) is 17.6 Å². The van der Waals surface area contributed by atoms with Gasteiger partial charge in [0.15, 0.2) is 0 Å². The fourth-order valence-electron chi connectivity index (χ4n) is 2.24. The first kappa shape index (κ1) is 15.1. The van der Waals surface area contributed by atoms with Gasteiger partial charge in [-0.05, 0) is 42.5 Å². The van der Waals surface area contributed by atoms with Crippen molar-refractivity contribution < 1.29 is 17.9 Å². The summed E-state index contributed by atoms with van der Waals surface area (Å²) < 4.78 is 40.5. The van der Waals surface area contributed by atoms with E-state index >= 15 is 0 Å². The molecule has 0 amide bonds. The van der Waals surface area contributed by atoms with Crippen LogP contribution in [0.2, 0.25) is 0 Å². The fraction of sp³-hybridized carbons (Fsp3) is 0.571. The van der Waals surface area contributed by atoms with Crippen LogP contribution in [0.25, 0.3) is 0 Å². The quantitative estimate of drug-likeness (QED) is 0.846. The Morgan fingerprint density at radius 1 is 1.45 bits per heavy atom. The maximum absolute atomic E-state index is 12.2. The fourth-order valence-corrected chi connectivity index (χ4v) is 2.24. The summed E-state index contributed by atoms with van der Waals surface area (Å²) in [5.74, 6) is 1.16. The van der Waals surface area contributed by atoms with E-state index in [-0.39, 0.29) is 11.8 Å². The Morgan fingerprint density at radius 2 is 2.15 bits per heavy atom. The summed E-state index contributed by atoms with van der Waals surface area (Å²) >= 11 is 0. The lowest BCUT2D eigenvalue weighted by atomic mass is 10.1. The second-order valence-corrected chi connectivity index (χ2v) is 5.29. The van der Waals surface area contributed by atoms with Crippen LogP contribution < -0.4 is 15.8 Å². The minimum Gasteiger partial charge on any atom is -0.406 e. The highest BCUT2D eigenvalue weighted by Gasteiger charge is 2.33. The third-order valence-corrected chi connectivity index (χ3v) is 3.63. The normalized spacial score (nSPS) is 23.4. The van der Waals surface area contributed by atoms with Crippen molar-refractivity contribution in [3.63, 3.8) is 0 Å². The van der Waals surface area contributed by atoms with E-state index in [4.69, 9.17) is 5.73 Å². The first-order valence-electron chi connectivity index (χ1n) is 6.68. The molecule has 0 spiro atoms. The molecule has 0 bridgehead atoms. The Bertz CT molecular complexity index is 450. The number of nitrogens with one attached hydrogen (secondary N) is 1. The number of benzene rings is 1. The molecule has 1 aliphatic carbocycles. The Balaban J connectivity index is 1.99. The van der Waals surface area contributed by atoms with Gasteiger partial charge in [0.05, 0.1) is 0 Å². The number of ether oxygens (including phenoxy) is 1. The molecule has 1 saturated carbocycles. The van der Waals surface area contributed by atoms with E-state index in [0.717, 1.165) is 12.5 Å². The molecular formula is C14H19F3N2O. The molecule has 0 radical (unpaired) electrons. The molecule has 3 unspecified atom stereocenters. The van der Waals surface area contributed by atoms with Gasteiger partial charge in [-0.15, -0.1) is 13.2 Å². The average Bonchev–Trinajstić information content (AvgIpc) is 3.04. The average molecular weight is 288 g/mol. The summed E-state index contributed by atoms with van der Waals surface area (Å²) in [6, 6.07) is 5.81. The van der Waals surface area contributed by atoms with Crippen LogP contribution in [0, 0.1) is 11.8 Å². The third kappa shape index (κ3) is 4.38. The van der Waals surface area contributed by atoms with Gasteiger partial charge in [0.1, 0.15) is 5.75 Å². The second kappa shape index (κ2) is 6.01. The van der Waals surface area contributed by atoms with Crippen molar-refractivity contribution in [2.45, 2.75) is 25.7 Å². The summed E-state index contributed by atoms with van der Waals surface area (Å²) in [4.78, 5) is 0. The lowest BCUT2D eigenvalue weighted by molar-refractivity contribution is -0.274. The minimum absolute atomic E-state index is 0.153. The molecule has 6 heteroatoms. The summed E-state index contributed by atoms with van der Waals surface area (Å²) in [6.45, 7) is 3.35. The SMILES string of the molecule is CC1CC1CNC(CN)c1cccc(OC(F)(F)F)c1. The largest absolute Gasteiger partial charge is 0.573 e. The van der Waals surface area contributed by atoms with Crippen LogP contribution in [0.1, 0.15) is 24.9 Å². The standard InChI is InChI=1S/C14H19F3N2O/c1-9-5-11(9)8-19-13(7-18)10-3-2-4-12(6-10)20-14(15,16)17/h2-4,6,9,11,13,19H,5,7-8,18H2,1H3. The minimum atomic E-state index is -4.67. The molecule has 0 aliphatic heterocycles. The second-order valence-electron chi connectivity index (χ2n) is 5.29. The summed E-state index contributed by atoms with van der Waals surface area (Å²) in [5.41, 5.74) is 6.41. The van der Waals surface area contributed by atoms with Crippen LogP contribution in [0.15, 0.2) is 24.3 Å². The van der Waals surface area contributed by atoms with Crippen LogP contribution in [0.3, 0.4) is 0 Å². The van der Waals surface area contributed by atoms with Gasteiger partial charge < -0.3 is 15.8 Å². The maximum atomic E-state index is 12.2. The van der Waals surface area contributed by atoms with Crippen molar-refractivity contribution >= 4 is 0 Å². The molecular weight excluding hydrogens is 269 g/mol. The lowest BCUT2D eigenvalue weighted by Crippen LogP contribution is -2.30. The molecule has 2 rings (SSSR count). The van der Waals surface area contributed by atoms with E-state index in [9.17, 15) is 13.2 Å². The zero-order valence-electron chi connectivity index (χ0n) is 11.3. The van der Waals surface area contributed by atoms with Crippen molar-refractivity contribution in [3.8, 4) is 5.75 Å². The summed E-state index contributed by atoms with van der Waals surface area (Å²) in [7, 11) is 0. The number of halogens is 3. The number of nitrogens with two attached hydrogens (primary N) is 1. The number of alkyl halides is 3. The molecule has 1 fully saturated rings. The summed E-state index contributed by atoms with van der Waals surface area (Å²) in [5, 5.41) is 3.31. The molecule has 3 atom stereocenters. The van der Waals surface area contributed by atoms with Crippen molar-refractivity contribution in [1.82, 2.24) is 5.32 Å². The summed E-state index contributed by atoms with van der Waals surface area (Å²) in [6.07, 6.45) is -3.48. The number of hydrogen-bond acceptors (Lipinski definition) is 3. The topological polar surface area (TPSA) is 47.3 Å². The van der Waals surface area contributed by atoms with Gasteiger partial charge in [0.25, 0.3) is 0 Å². The first-order chi connectivity index (χ1) is 9.39. The molecule has 20 heavy (non-hydrogen) atoms. The van der Waals surface area contributed by atoms with Gasteiger partial charge in [0, 0.05) is 12.6 Å². The van der Waals surface area contributed by atoms with Crippen molar-refractivity contribution in [3.05, 3.63) is 29.8 Å². The highest BCUT2D eigenvalue weighted by atomic mass is 19.4. The van der Waals surface area contributed by atoms with Gasteiger partial charge in [-0.1, -0.05) is 19.1 Å². The molecule has 3 nitrogen and oxygen atoms in total. The van der Waals surface area contributed by atoms with Crippen LogP contribution in [-0.2, 0) is 0 Å². The predicted molar refractivity (Wildman–Crippen MR) is 70.2 cm³/mol. The molecule has 1 aliphatic rings. The van der Waals surface area contributed by atoms with E-state index in [1.165, 1.54) is 18.6 Å². The predicted octanol–water partition coefficient (Wildman–Crippen LogP) is 2.83. The highest BCUT2D eigenvalue weighted by Crippen LogP contribution is 2.37. The Kier molecular flexibility index (Phi) is 4.55. The van der Waals surface area contributed by atoms with E-state index in [1.54, 1.807) is 12.1 Å². The van der Waals surface area contributed by atoms with Crippen LogP contribution >= 0.6 is 0 Å². The monoisotopic (exact) mass is 288 g/mol. The van der Waals surface area contributed by atoms with Crippen molar-refractivity contribution in [2.75, 3.05) is 13.1 Å². The Labute approximate surface area is 116 Å². The van der Waals surface area contributed by atoms with Crippen LogP contribution in [0.5, 0.6) is 5.75 Å². The molecule has 1 aromatic rings. The smallest absolute Gasteiger partial charge is 0.406 e. The maximum Gasteiger partial charge on any atom is 0.573 e. The lowest BCUT2D eigenvalue weighted by Gasteiger charge is -2.18. The zero-order valence-corrected chi connectivity index (χ0v) is 11.3. The molecule has 0 saturated heterocycles. The molecule has 1 aromatic carbocycles. The van der Waals surface area contributed by atoms with E-state index in [2.05, 4.69) is 17.0 Å². The van der Waals surface area contributed by atoms with E-state index in [1.807, 2.05) is 0 Å². The molecule has 3 N–H and O–H groups in total. The Morgan fingerprint density at radius 3 is 2.70 bits per heavy atom. The van der Waals surface area contributed by atoms with Gasteiger partial charge in [0.2, 0.25) is 0 Å². The molecule has 112 valence electrons. The first-order valence-corrected chi connectivity index (χ1v) is 6.68. The molecule has 0 heterocycles. The van der Waals surface area contributed by atoms with Crippen molar-refractivity contribution in [1.29, 1.82) is 0 Å². The van der Waals surface area contributed by atoms with Gasteiger partial charge in [-0.3, -0.25) is 0 Å². The van der Waals surface area contributed by atoms with E-state index in [0.29, 0.717) is 18.0 Å². The Hall–Kier alpha value is -1.27. The van der Waals surface area contributed by atoms with Gasteiger partial charge in [-0.2, -0.15) is 0 Å². The number of hydrogen-bond donors (Lipinski definition) is 2. The van der Waals surface area contributed by atoms with Crippen LogP contribution in [-0.4, -0.2) is 19.5 Å². The van der Waals surface area contributed by atoms with E-state index < -0.39 is 6.36 Å².